The van der Waals surface area contributed by atoms with Crippen LogP contribution >= 0.6 is 11.6 Å². The summed E-state index contributed by atoms with van der Waals surface area (Å²) in [5.74, 6) is -0.796. The van der Waals surface area contributed by atoms with E-state index in [-0.39, 0.29) is 36.7 Å². The van der Waals surface area contributed by atoms with E-state index in [1.807, 2.05) is 44.2 Å². The Morgan fingerprint density at radius 2 is 1.57 bits per heavy atom. The number of ether oxygens (including phenoxy) is 1. The maximum atomic E-state index is 13.7. The number of hydrogen-bond acceptors (Lipinski definition) is 3. The Morgan fingerprint density at radius 1 is 0.919 bits per heavy atom. The van der Waals surface area contributed by atoms with Crippen molar-refractivity contribution in [1.82, 2.24) is 10.2 Å². The first-order valence-electron chi connectivity index (χ1n) is 12.5. The molecule has 0 aliphatic heterocycles. The zero-order chi connectivity index (χ0) is 26.6. The van der Waals surface area contributed by atoms with Crippen LogP contribution < -0.4 is 5.32 Å². The molecule has 0 aromatic heterocycles. The van der Waals surface area contributed by atoms with Crippen molar-refractivity contribution >= 4 is 23.4 Å². The zero-order valence-corrected chi connectivity index (χ0v) is 22.1. The maximum absolute atomic E-state index is 13.7. The molecule has 3 aromatic rings. The Balaban J connectivity index is 1.86. The standard InChI is InChI=1S/C30H34ClFN2O3/c1-22(2)37-18-6-17-33-30(36)28(19-23-7-4-3-5-8-23)34(21-25-11-15-27(32)16-12-25)29(35)20-24-9-13-26(31)14-10-24/h3-5,7-16,22,28H,6,17-21H2,1-2H3,(H,33,36). The van der Waals surface area contributed by atoms with Gasteiger partial charge in [-0.2, -0.15) is 0 Å². The lowest BCUT2D eigenvalue weighted by molar-refractivity contribution is -0.140. The number of nitrogens with one attached hydrogen (secondary N) is 1. The number of benzene rings is 3. The second-order valence-corrected chi connectivity index (χ2v) is 9.66. The summed E-state index contributed by atoms with van der Waals surface area (Å²) in [4.78, 5) is 28.8. The molecule has 2 amide bonds. The lowest BCUT2D eigenvalue weighted by atomic mass is 10.0. The summed E-state index contributed by atoms with van der Waals surface area (Å²) in [6.07, 6.45) is 1.25. The van der Waals surface area contributed by atoms with Crippen LogP contribution in [0.15, 0.2) is 78.9 Å². The Labute approximate surface area is 223 Å². The third-order valence-corrected chi connectivity index (χ3v) is 6.13. The van der Waals surface area contributed by atoms with Gasteiger partial charge in [0.1, 0.15) is 11.9 Å². The van der Waals surface area contributed by atoms with Crippen LogP contribution in [0.3, 0.4) is 0 Å². The largest absolute Gasteiger partial charge is 0.379 e. The second kappa shape index (κ2) is 14.5. The molecular formula is C30H34ClFN2O3. The van der Waals surface area contributed by atoms with Gasteiger partial charge in [0.15, 0.2) is 0 Å². The highest BCUT2D eigenvalue weighted by Gasteiger charge is 2.30. The highest BCUT2D eigenvalue weighted by molar-refractivity contribution is 6.30. The minimum Gasteiger partial charge on any atom is -0.379 e. The van der Waals surface area contributed by atoms with E-state index in [1.54, 1.807) is 41.3 Å². The second-order valence-electron chi connectivity index (χ2n) is 9.22. The van der Waals surface area contributed by atoms with Gasteiger partial charge in [0.05, 0.1) is 12.5 Å². The van der Waals surface area contributed by atoms with E-state index in [0.717, 1.165) is 16.7 Å². The van der Waals surface area contributed by atoms with E-state index in [1.165, 1.54) is 12.1 Å². The first-order valence-corrected chi connectivity index (χ1v) is 12.9. The van der Waals surface area contributed by atoms with Crippen molar-refractivity contribution in [2.24, 2.45) is 0 Å². The van der Waals surface area contributed by atoms with Crippen LogP contribution in [0, 0.1) is 5.82 Å². The Bertz CT molecular complexity index is 1120. The first-order chi connectivity index (χ1) is 17.8. The molecule has 0 saturated carbocycles. The summed E-state index contributed by atoms with van der Waals surface area (Å²) in [7, 11) is 0. The summed E-state index contributed by atoms with van der Waals surface area (Å²) >= 11 is 6.01. The molecule has 0 radical (unpaired) electrons. The molecule has 0 aliphatic carbocycles. The number of hydrogen-bond donors (Lipinski definition) is 1. The van der Waals surface area contributed by atoms with Gasteiger partial charge in [-0.25, -0.2) is 4.39 Å². The van der Waals surface area contributed by atoms with Crippen molar-refractivity contribution in [3.63, 3.8) is 0 Å². The Hall–Kier alpha value is -3.22. The molecule has 0 saturated heterocycles. The fraction of sp³-hybridized carbons (Fsp3) is 0.333. The molecular weight excluding hydrogens is 491 g/mol. The van der Waals surface area contributed by atoms with E-state index in [2.05, 4.69) is 5.32 Å². The highest BCUT2D eigenvalue weighted by Crippen LogP contribution is 2.18. The predicted molar refractivity (Wildman–Crippen MR) is 145 cm³/mol. The van der Waals surface area contributed by atoms with E-state index >= 15 is 0 Å². The quantitative estimate of drug-likeness (QED) is 0.296. The van der Waals surface area contributed by atoms with Gasteiger partial charge in [0.25, 0.3) is 0 Å². The van der Waals surface area contributed by atoms with E-state index < -0.39 is 6.04 Å². The highest BCUT2D eigenvalue weighted by atomic mass is 35.5. The molecule has 7 heteroatoms. The third kappa shape index (κ3) is 9.63. The Morgan fingerprint density at radius 3 is 2.22 bits per heavy atom. The van der Waals surface area contributed by atoms with E-state index in [4.69, 9.17) is 16.3 Å². The number of amides is 2. The molecule has 0 aliphatic rings. The number of carbonyl (C=O) groups is 2. The van der Waals surface area contributed by atoms with Crippen LogP contribution in [0.2, 0.25) is 5.02 Å². The minimum absolute atomic E-state index is 0.110. The van der Waals surface area contributed by atoms with Crippen LogP contribution in [0.4, 0.5) is 4.39 Å². The van der Waals surface area contributed by atoms with Gasteiger partial charge in [-0.3, -0.25) is 9.59 Å². The fourth-order valence-electron chi connectivity index (χ4n) is 3.94. The van der Waals surface area contributed by atoms with Crippen LogP contribution in [0.5, 0.6) is 0 Å². The number of rotatable bonds is 13. The lowest BCUT2D eigenvalue weighted by Crippen LogP contribution is -2.51. The minimum atomic E-state index is -0.752. The maximum Gasteiger partial charge on any atom is 0.243 e. The summed E-state index contributed by atoms with van der Waals surface area (Å²) in [5, 5.41) is 3.57. The number of nitrogens with zero attached hydrogens (tertiary/aromatic N) is 1. The van der Waals surface area contributed by atoms with Crippen molar-refractivity contribution in [2.45, 2.75) is 51.8 Å². The molecule has 0 heterocycles. The van der Waals surface area contributed by atoms with Gasteiger partial charge in [-0.1, -0.05) is 66.2 Å². The molecule has 1 unspecified atom stereocenters. The normalized spacial score (nSPS) is 11.8. The lowest BCUT2D eigenvalue weighted by Gasteiger charge is -2.32. The van der Waals surface area contributed by atoms with E-state index in [0.29, 0.717) is 31.0 Å². The molecule has 1 N–H and O–H groups in total. The molecule has 0 bridgehead atoms. The van der Waals surface area contributed by atoms with Crippen molar-refractivity contribution in [3.05, 3.63) is 106 Å². The number of halogens is 2. The smallest absolute Gasteiger partial charge is 0.243 e. The molecule has 0 fully saturated rings. The number of carbonyl (C=O) groups excluding carboxylic acids is 2. The SMILES string of the molecule is CC(C)OCCCNC(=O)C(Cc1ccccc1)N(Cc1ccc(F)cc1)C(=O)Cc1ccc(Cl)cc1. The molecule has 5 nitrogen and oxygen atoms in total. The molecule has 196 valence electrons. The molecule has 37 heavy (non-hydrogen) atoms. The third-order valence-electron chi connectivity index (χ3n) is 5.88. The van der Waals surface area contributed by atoms with Gasteiger partial charge in [0, 0.05) is 31.1 Å². The van der Waals surface area contributed by atoms with Crippen LogP contribution in [0.1, 0.15) is 37.0 Å². The van der Waals surface area contributed by atoms with Gasteiger partial charge < -0.3 is 15.0 Å². The molecule has 0 spiro atoms. The van der Waals surface area contributed by atoms with Gasteiger partial charge in [-0.05, 0) is 61.2 Å². The first kappa shape index (κ1) is 28.4. The monoisotopic (exact) mass is 524 g/mol. The topological polar surface area (TPSA) is 58.6 Å². The summed E-state index contributed by atoms with van der Waals surface area (Å²) in [6, 6.07) is 21.9. The van der Waals surface area contributed by atoms with Crippen LogP contribution in [-0.2, 0) is 33.7 Å². The van der Waals surface area contributed by atoms with Gasteiger partial charge >= 0.3 is 0 Å². The zero-order valence-electron chi connectivity index (χ0n) is 21.3. The molecule has 3 rings (SSSR count). The average Bonchev–Trinajstić information content (AvgIpc) is 2.88. The molecule has 3 aromatic carbocycles. The van der Waals surface area contributed by atoms with E-state index in [9.17, 15) is 14.0 Å². The van der Waals surface area contributed by atoms with Gasteiger partial charge in [-0.15, -0.1) is 0 Å². The van der Waals surface area contributed by atoms with Crippen molar-refractivity contribution < 1.29 is 18.7 Å². The van der Waals surface area contributed by atoms with Crippen molar-refractivity contribution in [3.8, 4) is 0 Å². The van der Waals surface area contributed by atoms with Crippen LogP contribution in [0.25, 0.3) is 0 Å². The van der Waals surface area contributed by atoms with Crippen molar-refractivity contribution in [1.29, 1.82) is 0 Å². The van der Waals surface area contributed by atoms with Gasteiger partial charge in [0.2, 0.25) is 11.8 Å². The summed E-state index contributed by atoms with van der Waals surface area (Å²) in [6.45, 7) is 5.08. The van der Waals surface area contributed by atoms with Crippen LogP contribution in [-0.4, -0.2) is 42.0 Å². The predicted octanol–water partition coefficient (Wildman–Crippen LogP) is 5.59. The average molecular weight is 525 g/mol. The van der Waals surface area contributed by atoms with Crippen molar-refractivity contribution in [2.75, 3.05) is 13.2 Å². The Kier molecular flexibility index (Phi) is 11.1. The summed E-state index contributed by atoms with van der Waals surface area (Å²) in [5.41, 5.74) is 2.47. The fourth-order valence-corrected chi connectivity index (χ4v) is 4.07. The summed E-state index contributed by atoms with van der Waals surface area (Å²) < 4.78 is 19.1. The molecule has 1 atom stereocenters.